The summed E-state index contributed by atoms with van der Waals surface area (Å²) >= 11 is 0. The van der Waals surface area contributed by atoms with Crippen LogP contribution in [0, 0.1) is 5.92 Å². The van der Waals surface area contributed by atoms with Gasteiger partial charge in [0.05, 0.1) is 12.5 Å². The van der Waals surface area contributed by atoms with Gasteiger partial charge in [0.15, 0.2) is 0 Å². The maximum atomic E-state index is 11.6. The Hall–Kier alpha value is -0.610. The number of hydrogen-bond donors (Lipinski definition) is 2. The minimum atomic E-state index is 0.158. The molecule has 98 valence electrons. The summed E-state index contributed by atoms with van der Waals surface area (Å²) in [5.74, 6) is 0.949. The molecule has 0 bridgehead atoms. The van der Waals surface area contributed by atoms with Crippen molar-refractivity contribution in [3.05, 3.63) is 0 Å². The number of rotatable bonds is 5. The van der Waals surface area contributed by atoms with Crippen LogP contribution in [0.5, 0.6) is 0 Å². The van der Waals surface area contributed by atoms with Gasteiger partial charge in [0.1, 0.15) is 0 Å². The molecule has 2 N–H and O–H groups in total. The third-order valence-corrected chi connectivity index (χ3v) is 3.77. The van der Waals surface area contributed by atoms with E-state index in [2.05, 4.69) is 10.6 Å². The van der Waals surface area contributed by atoms with E-state index in [0.717, 1.165) is 51.4 Å². The number of carbonyl (C=O) groups excluding carboxylic acids is 1. The highest BCUT2D eigenvalue weighted by atomic mass is 16.5. The average molecular weight is 240 g/mol. The molecule has 2 aliphatic rings. The molecule has 0 aromatic rings. The van der Waals surface area contributed by atoms with Crippen molar-refractivity contribution in [1.82, 2.24) is 10.6 Å². The van der Waals surface area contributed by atoms with Crippen LogP contribution in [-0.4, -0.2) is 38.3 Å². The molecule has 0 saturated carbocycles. The monoisotopic (exact) mass is 240 g/mol. The first-order valence-corrected chi connectivity index (χ1v) is 6.93. The number of carbonyl (C=O) groups is 1. The predicted octanol–water partition coefficient (Wildman–Crippen LogP) is 1.06. The maximum absolute atomic E-state index is 11.6. The van der Waals surface area contributed by atoms with Crippen LogP contribution in [0.3, 0.4) is 0 Å². The van der Waals surface area contributed by atoms with E-state index < -0.39 is 0 Å². The van der Waals surface area contributed by atoms with Crippen LogP contribution in [0.15, 0.2) is 0 Å². The molecule has 1 unspecified atom stereocenters. The first-order chi connectivity index (χ1) is 8.34. The lowest BCUT2D eigenvalue weighted by molar-refractivity contribution is -0.123. The van der Waals surface area contributed by atoms with E-state index in [4.69, 9.17) is 4.74 Å². The van der Waals surface area contributed by atoms with Gasteiger partial charge in [-0.3, -0.25) is 4.79 Å². The highest BCUT2D eigenvalue weighted by molar-refractivity contribution is 5.76. The smallest absolute Gasteiger partial charge is 0.222 e. The second kappa shape index (κ2) is 6.97. The van der Waals surface area contributed by atoms with Crippen molar-refractivity contribution in [2.24, 2.45) is 5.92 Å². The number of piperidine rings is 1. The molecule has 0 aliphatic carbocycles. The number of amides is 1. The standard InChI is InChI=1S/C13H24N2O2/c16-13(10-12-2-1-9-17-12)15-8-5-11-3-6-14-7-4-11/h11-12,14H,1-10H2,(H,15,16). The summed E-state index contributed by atoms with van der Waals surface area (Å²) in [7, 11) is 0. The Labute approximate surface area is 103 Å². The first kappa shape index (κ1) is 12.8. The highest BCUT2D eigenvalue weighted by Crippen LogP contribution is 2.16. The summed E-state index contributed by atoms with van der Waals surface area (Å²) in [5, 5.41) is 6.38. The largest absolute Gasteiger partial charge is 0.378 e. The van der Waals surface area contributed by atoms with E-state index in [1.165, 1.54) is 12.8 Å². The minimum absolute atomic E-state index is 0.158. The van der Waals surface area contributed by atoms with E-state index in [0.29, 0.717) is 6.42 Å². The van der Waals surface area contributed by atoms with E-state index in [-0.39, 0.29) is 12.0 Å². The Morgan fingerprint density at radius 2 is 2.12 bits per heavy atom. The normalized spacial score (nSPS) is 26.0. The second-order valence-corrected chi connectivity index (χ2v) is 5.17. The zero-order valence-corrected chi connectivity index (χ0v) is 10.5. The van der Waals surface area contributed by atoms with Gasteiger partial charge in [-0.1, -0.05) is 0 Å². The van der Waals surface area contributed by atoms with Crippen molar-refractivity contribution >= 4 is 5.91 Å². The van der Waals surface area contributed by atoms with Crippen molar-refractivity contribution in [2.45, 2.75) is 44.6 Å². The zero-order chi connectivity index (χ0) is 11.9. The lowest BCUT2D eigenvalue weighted by Crippen LogP contribution is -2.32. The Morgan fingerprint density at radius 1 is 1.29 bits per heavy atom. The topological polar surface area (TPSA) is 50.4 Å². The van der Waals surface area contributed by atoms with Crippen LogP contribution in [0.1, 0.15) is 38.5 Å². The first-order valence-electron chi connectivity index (χ1n) is 6.93. The van der Waals surface area contributed by atoms with Gasteiger partial charge in [0.25, 0.3) is 0 Å². The van der Waals surface area contributed by atoms with Crippen molar-refractivity contribution in [1.29, 1.82) is 0 Å². The van der Waals surface area contributed by atoms with Crippen molar-refractivity contribution in [3.8, 4) is 0 Å². The molecule has 1 amide bonds. The highest BCUT2D eigenvalue weighted by Gasteiger charge is 2.19. The van der Waals surface area contributed by atoms with E-state index in [1.54, 1.807) is 0 Å². The number of nitrogens with one attached hydrogen (secondary N) is 2. The molecule has 0 aromatic carbocycles. The van der Waals surface area contributed by atoms with Crippen molar-refractivity contribution < 1.29 is 9.53 Å². The summed E-state index contributed by atoms with van der Waals surface area (Å²) in [6, 6.07) is 0. The van der Waals surface area contributed by atoms with Gasteiger partial charge in [-0.2, -0.15) is 0 Å². The molecular formula is C13H24N2O2. The fourth-order valence-electron chi connectivity index (χ4n) is 2.67. The molecule has 4 heteroatoms. The summed E-state index contributed by atoms with van der Waals surface area (Å²) in [4.78, 5) is 11.6. The predicted molar refractivity (Wildman–Crippen MR) is 66.8 cm³/mol. The van der Waals surface area contributed by atoms with Gasteiger partial charge in [-0.25, -0.2) is 0 Å². The van der Waals surface area contributed by atoms with Gasteiger partial charge in [0.2, 0.25) is 5.91 Å². The maximum Gasteiger partial charge on any atom is 0.222 e. The van der Waals surface area contributed by atoms with Gasteiger partial charge in [-0.15, -0.1) is 0 Å². The summed E-state index contributed by atoms with van der Waals surface area (Å²) in [6.45, 7) is 3.92. The van der Waals surface area contributed by atoms with Crippen LogP contribution >= 0.6 is 0 Å². The molecule has 2 saturated heterocycles. The number of hydrogen-bond acceptors (Lipinski definition) is 3. The van der Waals surface area contributed by atoms with Gasteiger partial charge in [-0.05, 0) is 51.1 Å². The molecule has 2 fully saturated rings. The summed E-state index contributed by atoms with van der Waals surface area (Å²) < 4.78 is 5.45. The fraction of sp³-hybridized carbons (Fsp3) is 0.923. The van der Waals surface area contributed by atoms with Crippen LogP contribution < -0.4 is 10.6 Å². The summed E-state index contributed by atoms with van der Waals surface area (Å²) in [6.07, 6.45) is 6.50. The van der Waals surface area contributed by atoms with E-state index in [1.807, 2.05) is 0 Å². The average Bonchev–Trinajstić information content (AvgIpc) is 2.83. The molecular weight excluding hydrogens is 216 g/mol. The second-order valence-electron chi connectivity index (χ2n) is 5.17. The zero-order valence-electron chi connectivity index (χ0n) is 10.5. The fourth-order valence-corrected chi connectivity index (χ4v) is 2.67. The van der Waals surface area contributed by atoms with Crippen LogP contribution in [0.4, 0.5) is 0 Å². The van der Waals surface area contributed by atoms with E-state index >= 15 is 0 Å². The molecule has 4 nitrogen and oxygen atoms in total. The van der Waals surface area contributed by atoms with Gasteiger partial charge >= 0.3 is 0 Å². The Morgan fingerprint density at radius 3 is 2.82 bits per heavy atom. The van der Waals surface area contributed by atoms with E-state index in [9.17, 15) is 4.79 Å². The molecule has 0 radical (unpaired) electrons. The molecule has 2 rings (SSSR count). The quantitative estimate of drug-likeness (QED) is 0.755. The van der Waals surface area contributed by atoms with Crippen molar-refractivity contribution in [3.63, 3.8) is 0 Å². The summed E-state index contributed by atoms with van der Waals surface area (Å²) in [5.41, 5.74) is 0. The Bertz CT molecular complexity index is 234. The molecule has 1 atom stereocenters. The van der Waals surface area contributed by atoms with Crippen LogP contribution in [-0.2, 0) is 9.53 Å². The van der Waals surface area contributed by atoms with Crippen LogP contribution in [0.25, 0.3) is 0 Å². The SMILES string of the molecule is O=C(CC1CCCO1)NCCC1CCNCC1. The number of ether oxygens (including phenoxy) is 1. The molecule has 2 heterocycles. The Kier molecular flexibility index (Phi) is 5.26. The molecule has 2 aliphatic heterocycles. The Balaban J connectivity index is 1.53. The lowest BCUT2D eigenvalue weighted by Gasteiger charge is -2.22. The lowest BCUT2D eigenvalue weighted by atomic mass is 9.95. The molecule has 0 spiro atoms. The van der Waals surface area contributed by atoms with Gasteiger partial charge in [0, 0.05) is 13.2 Å². The van der Waals surface area contributed by atoms with Crippen molar-refractivity contribution in [2.75, 3.05) is 26.2 Å². The minimum Gasteiger partial charge on any atom is -0.378 e. The third kappa shape index (κ3) is 4.64. The third-order valence-electron chi connectivity index (χ3n) is 3.77. The van der Waals surface area contributed by atoms with Crippen LogP contribution in [0.2, 0.25) is 0 Å². The molecule has 17 heavy (non-hydrogen) atoms. The van der Waals surface area contributed by atoms with Gasteiger partial charge < -0.3 is 15.4 Å². The molecule has 0 aromatic heterocycles.